The quantitative estimate of drug-likeness (QED) is 0.313. The smallest absolute Gasteiger partial charge is 0.0249 e. The van der Waals surface area contributed by atoms with Crippen LogP contribution < -0.4 is 0 Å². The van der Waals surface area contributed by atoms with Gasteiger partial charge in [0.25, 0.3) is 0 Å². The van der Waals surface area contributed by atoms with Gasteiger partial charge in [0.1, 0.15) is 0 Å². The molecule has 0 nitrogen and oxygen atoms in total. The van der Waals surface area contributed by atoms with Gasteiger partial charge < -0.3 is 0 Å². The van der Waals surface area contributed by atoms with Gasteiger partial charge in [-0.2, -0.15) is 0 Å². The van der Waals surface area contributed by atoms with Gasteiger partial charge in [-0.15, -0.1) is 0 Å². The van der Waals surface area contributed by atoms with Crippen molar-refractivity contribution in [2.75, 3.05) is 6.16 Å². The van der Waals surface area contributed by atoms with Crippen molar-refractivity contribution in [1.82, 2.24) is 0 Å². The molecule has 0 aliphatic heterocycles. The standard InChI is InChI=1S/C15H26P.C14H10.Co/c1-14(2,3)16(15(4,5)6)12-11-13-9-7-8-10-13;1-3-7-13(8-4-1)11-12-14-9-5-2-6-10-14;/h7-10H,11-12H2,1-6H3;1-10H;. The van der Waals surface area contributed by atoms with E-state index in [0.717, 1.165) is 11.1 Å². The Morgan fingerprint density at radius 1 is 0.645 bits per heavy atom. The maximum atomic E-state index is 3.11. The van der Waals surface area contributed by atoms with E-state index >= 15 is 0 Å². The fourth-order valence-electron chi connectivity index (χ4n) is 3.69. The normalized spacial score (nSPS) is 14.2. The van der Waals surface area contributed by atoms with Crippen molar-refractivity contribution in [1.29, 1.82) is 0 Å². The van der Waals surface area contributed by atoms with Crippen LogP contribution in [0.2, 0.25) is 0 Å². The van der Waals surface area contributed by atoms with Crippen molar-refractivity contribution in [3.8, 4) is 11.8 Å². The maximum Gasteiger partial charge on any atom is 0.0249 e. The Bertz CT molecular complexity index is 724. The van der Waals surface area contributed by atoms with Crippen LogP contribution in [0.15, 0.2) is 60.7 Å². The van der Waals surface area contributed by atoms with E-state index in [4.69, 9.17) is 0 Å². The Labute approximate surface area is 204 Å². The molecule has 0 unspecified atom stereocenters. The van der Waals surface area contributed by atoms with Gasteiger partial charge in [0.2, 0.25) is 0 Å². The van der Waals surface area contributed by atoms with Crippen LogP contribution in [-0.2, 0) is 16.8 Å². The molecule has 2 aromatic rings. The summed E-state index contributed by atoms with van der Waals surface area (Å²) in [5, 5.41) is 0.917. The topological polar surface area (TPSA) is 0 Å². The number of hydrogen-bond donors (Lipinski definition) is 0. The predicted molar refractivity (Wildman–Crippen MR) is 135 cm³/mol. The zero-order valence-electron chi connectivity index (χ0n) is 19.8. The van der Waals surface area contributed by atoms with E-state index in [0.29, 0.717) is 10.3 Å². The molecule has 1 fully saturated rings. The third kappa shape index (κ3) is 10.9. The van der Waals surface area contributed by atoms with E-state index in [-0.39, 0.29) is 24.7 Å². The molecule has 1 saturated carbocycles. The third-order valence-electron chi connectivity index (χ3n) is 4.87. The van der Waals surface area contributed by atoms with Gasteiger partial charge in [-0.3, -0.25) is 0 Å². The number of benzene rings is 2. The molecule has 2 aromatic carbocycles. The number of rotatable bonds is 3. The molecule has 1 aliphatic rings. The molecule has 0 saturated heterocycles. The van der Waals surface area contributed by atoms with Crippen molar-refractivity contribution >= 4 is 7.92 Å². The minimum Gasteiger partial charge on any atom is -0.0956 e. The Morgan fingerprint density at radius 3 is 1.39 bits per heavy atom. The summed E-state index contributed by atoms with van der Waals surface area (Å²) in [7, 11) is 0.0525. The third-order valence-corrected chi connectivity index (χ3v) is 8.78. The summed E-state index contributed by atoms with van der Waals surface area (Å²) < 4.78 is 0. The van der Waals surface area contributed by atoms with Crippen LogP contribution in [0.3, 0.4) is 0 Å². The van der Waals surface area contributed by atoms with Gasteiger partial charge in [0.15, 0.2) is 0 Å². The predicted octanol–water partition coefficient (Wildman–Crippen LogP) is 7.94. The average molecular weight is 475 g/mol. The average Bonchev–Trinajstić information content (AvgIpc) is 3.20. The first kappa shape index (κ1) is 28.0. The molecule has 0 bridgehead atoms. The summed E-state index contributed by atoms with van der Waals surface area (Å²) in [5.74, 6) is 7.72. The van der Waals surface area contributed by atoms with Gasteiger partial charge >= 0.3 is 0 Å². The molecule has 0 atom stereocenters. The summed E-state index contributed by atoms with van der Waals surface area (Å²) in [6.07, 6.45) is 11.4. The molecule has 166 valence electrons. The largest absolute Gasteiger partial charge is 0.0956 e. The van der Waals surface area contributed by atoms with Crippen LogP contribution in [0.25, 0.3) is 0 Å². The van der Waals surface area contributed by atoms with Gasteiger partial charge in [-0.25, -0.2) is 0 Å². The SMILES string of the molecule is C(#Cc1ccccc1)c1ccccc1.CC(C)(C)P(CC[C]1[CH][CH][CH][CH]1)C(C)(C)C.[Co]. The first-order chi connectivity index (χ1) is 14.2. The Morgan fingerprint density at radius 2 is 1.03 bits per heavy atom. The van der Waals surface area contributed by atoms with Gasteiger partial charge in [0.05, 0.1) is 0 Å². The molecular formula is C29H36CoP. The molecule has 6 radical (unpaired) electrons. The summed E-state index contributed by atoms with van der Waals surface area (Å²) in [6, 6.07) is 20.0. The summed E-state index contributed by atoms with van der Waals surface area (Å²) in [6.45, 7) is 14.4. The minimum atomic E-state index is 0. The fourth-order valence-corrected chi connectivity index (χ4v) is 7.52. The second-order valence-electron chi connectivity index (χ2n) is 9.52. The molecule has 2 heteroatoms. The molecule has 31 heavy (non-hydrogen) atoms. The molecule has 0 spiro atoms. The van der Waals surface area contributed by atoms with Crippen molar-refractivity contribution in [2.24, 2.45) is 0 Å². The van der Waals surface area contributed by atoms with E-state index in [2.05, 4.69) is 79.1 Å². The van der Waals surface area contributed by atoms with Crippen LogP contribution in [0, 0.1) is 43.4 Å². The van der Waals surface area contributed by atoms with E-state index in [9.17, 15) is 0 Å². The van der Waals surface area contributed by atoms with Gasteiger partial charge in [-0.1, -0.05) is 97.7 Å². The minimum absolute atomic E-state index is 0. The molecular weight excluding hydrogens is 438 g/mol. The van der Waals surface area contributed by atoms with Crippen LogP contribution >= 0.6 is 7.92 Å². The molecule has 0 amide bonds. The summed E-state index contributed by atoms with van der Waals surface area (Å²) in [4.78, 5) is 0. The Balaban J connectivity index is 0.000000302. The molecule has 0 N–H and O–H groups in total. The van der Waals surface area contributed by atoms with E-state index < -0.39 is 0 Å². The van der Waals surface area contributed by atoms with Crippen LogP contribution in [0.5, 0.6) is 0 Å². The second-order valence-corrected chi connectivity index (χ2v) is 13.5. The monoisotopic (exact) mass is 474 g/mol. The van der Waals surface area contributed by atoms with Crippen molar-refractivity contribution in [3.63, 3.8) is 0 Å². The zero-order chi connectivity index (χ0) is 22.0. The fraction of sp³-hybridized carbons (Fsp3) is 0.345. The van der Waals surface area contributed by atoms with E-state index in [1.807, 2.05) is 60.7 Å². The zero-order valence-corrected chi connectivity index (χ0v) is 21.7. The van der Waals surface area contributed by atoms with Crippen molar-refractivity contribution in [2.45, 2.75) is 58.3 Å². The van der Waals surface area contributed by atoms with E-state index in [1.165, 1.54) is 18.5 Å². The summed E-state index contributed by atoms with van der Waals surface area (Å²) in [5.41, 5.74) is 2.10. The second kappa shape index (κ2) is 13.5. The van der Waals surface area contributed by atoms with Crippen molar-refractivity contribution in [3.05, 3.63) is 103 Å². The molecule has 3 rings (SSSR count). The Hall–Kier alpha value is -1.06. The maximum absolute atomic E-state index is 3.11. The van der Waals surface area contributed by atoms with Gasteiger partial charge in [0, 0.05) is 27.9 Å². The Kier molecular flexibility index (Phi) is 12.2. The first-order valence-electron chi connectivity index (χ1n) is 10.8. The van der Waals surface area contributed by atoms with Gasteiger partial charge in [-0.05, 0) is 78.8 Å². The van der Waals surface area contributed by atoms with Crippen LogP contribution in [-0.4, -0.2) is 16.5 Å². The molecule has 0 heterocycles. The van der Waals surface area contributed by atoms with Crippen LogP contribution in [0.1, 0.15) is 59.1 Å². The number of hydrogen-bond acceptors (Lipinski definition) is 0. The molecule has 1 aliphatic carbocycles. The van der Waals surface area contributed by atoms with Crippen LogP contribution in [0.4, 0.5) is 0 Å². The first-order valence-corrected chi connectivity index (χ1v) is 12.3. The molecule has 0 aromatic heterocycles. The summed E-state index contributed by atoms with van der Waals surface area (Å²) >= 11 is 0. The van der Waals surface area contributed by atoms with Crippen molar-refractivity contribution < 1.29 is 16.8 Å². The van der Waals surface area contributed by atoms with E-state index in [1.54, 1.807) is 0 Å².